The number of carboxylic acid groups (broad SMARTS) is 1. The molecule has 0 aliphatic heterocycles. The van der Waals surface area contributed by atoms with Gasteiger partial charge in [0, 0.05) is 6.54 Å². The molecule has 2 aromatic carbocycles. The molecule has 2 aromatic rings. The first kappa shape index (κ1) is 18.0. The number of ether oxygens (including phenoxy) is 1. The smallest absolute Gasteiger partial charge is 0.335 e. The molecule has 0 bridgehead atoms. The number of nitrogens with one attached hydrogen (secondary N) is 1. The SMILES string of the molecule is COc1cc(C(=O)O)ccc1CCNC(=O)C1CCCc2ccccc21. The van der Waals surface area contributed by atoms with E-state index in [-0.39, 0.29) is 17.4 Å². The molecule has 1 amide bonds. The fourth-order valence-electron chi connectivity index (χ4n) is 3.55. The molecule has 1 atom stereocenters. The van der Waals surface area contributed by atoms with Crippen LogP contribution in [0.4, 0.5) is 0 Å². The maximum Gasteiger partial charge on any atom is 0.335 e. The van der Waals surface area contributed by atoms with E-state index < -0.39 is 5.97 Å². The van der Waals surface area contributed by atoms with E-state index in [1.165, 1.54) is 18.7 Å². The van der Waals surface area contributed by atoms with Crippen molar-refractivity contribution in [2.24, 2.45) is 0 Å². The molecule has 0 fully saturated rings. The molecule has 5 heteroatoms. The molecule has 0 aromatic heterocycles. The monoisotopic (exact) mass is 353 g/mol. The second-order valence-corrected chi connectivity index (χ2v) is 6.52. The van der Waals surface area contributed by atoms with Crippen LogP contribution in [0.15, 0.2) is 42.5 Å². The first-order valence-corrected chi connectivity index (χ1v) is 8.86. The van der Waals surface area contributed by atoms with Crippen molar-refractivity contribution in [3.63, 3.8) is 0 Å². The van der Waals surface area contributed by atoms with Gasteiger partial charge in [0.25, 0.3) is 0 Å². The Balaban J connectivity index is 1.62. The highest BCUT2D eigenvalue weighted by atomic mass is 16.5. The maximum absolute atomic E-state index is 12.6. The maximum atomic E-state index is 12.6. The summed E-state index contributed by atoms with van der Waals surface area (Å²) in [5, 5.41) is 12.1. The minimum absolute atomic E-state index is 0.0540. The quantitative estimate of drug-likeness (QED) is 0.836. The largest absolute Gasteiger partial charge is 0.496 e. The van der Waals surface area contributed by atoms with Crippen molar-refractivity contribution >= 4 is 11.9 Å². The zero-order chi connectivity index (χ0) is 18.5. The van der Waals surface area contributed by atoms with Crippen LogP contribution in [0.2, 0.25) is 0 Å². The molecule has 1 aliphatic carbocycles. The van der Waals surface area contributed by atoms with E-state index in [2.05, 4.69) is 11.4 Å². The van der Waals surface area contributed by atoms with Gasteiger partial charge >= 0.3 is 5.97 Å². The van der Waals surface area contributed by atoms with Gasteiger partial charge in [-0.05, 0) is 54.5 Å². The lowest BCUT2D eigenvalue weighted by Crippen LogP contribution is -2.32. The van der Waals surface area contributed by atoms with Gasteiger partial charge in [0.05, 0.1) is 18.6 Å². The molecule has 0 spiro atoms. The number of aryl methyl sites for hydroxylation is 1. The lowest BCUT2D eigenvalue weighted by molar-refractivity contribution is -0.122. The summed E-state index contributed by atoms with van der Waals surface area (Å²) in [6, 6.07) is 13.0. The molecule has 3 rings (SSSR count). The van der Waals surface area contributed by atoms with Gasteiger partial charge in [0.15, 0.2) is 0 Å². The van der Waals surface area contributed by atoms with Crippen LogP contribution in [0, 0.1) is 0 Å². The topological polar surface area (TPSA) is 75.6 Å². The Labute approximate surface area is 153 Å². The van der Waals surface area contributed by atoms with Gasteiger partial charge in [-0.3, -0.25) is 4.79 Å². The summed E-state index contributed by atoms with van der Waals surface area (Å²) >= 11 is 0. The molecule has 136 valence electrons. The third kappa shape index (κ3) is 3.87. The fraction of sp³-hybridized carbons (Fsp3) is 0.333. The fourth-order valence-corrected chi connectivity index (χ4v) is 3.55. The van der Waals surface area contributed by atoms with Gasteiger partial charge in [-0.15, -0.1) is 0 Å². The van der Waals surface area contributed by atoms with Crippen LogP contribution in [0.3, 0.4) is 0 Å². The first-order chi connectivity index (χ1) is 12.6. The zero-order valence-corrected chi connectivity index (χ0v) is 14.8. The Morgan fingerprint density at radius 2 is 2.04 bits per heavy atom. The van der Waals surface area contributed by atoms with Gasteiger partial charge in [-0.1, -0.05) is 30.3 Å². The molecule has 5 nitrogen and oxygen atoms in total. The van der Waals surface area contributed by atoms with Gasteiger partial charge in [-0.2, -0.15) is 0 Å². The number of rotatable bonds is 6. The van der Waals surface area contributed by atoms with Crippen molar-refractivity contribution in [2.75, 3.05) is 13.7 Å². The van der Waals surface area contributed by atoms with Crippen molar-refractivity contribution in [1.82, 2.24) is 5.32 Å². The average molecular weight is 353 g/mol. The summed E-state index contributed by atoms with van der Waals surface area (Å²) in [6.45, 7) is 0.486. The Hall–Kier alpha value is -2.82. The van der Waals surface area contributed by atoms with E-state index in [4.69, 9.17) is 9.84 Å². The van der Waals surface area contributed by atoms with Crippen LogP contribution >= 0.6 is 0 Å². The van der Waals surface area contributed by atoms with Gasteiger partial charge < -0.3 is 15.2 Å². The summed E-state index contributed by atoms with van der Waals surface area (Å²) < 4.78 is 5.28. The van der Waals surface area contributed by atoms with Crippen LogP contribution in [0.5, 0.6) is 5.75 Å². The highest BCUT2D eigenvalue weighted by molar-refractivity contribution is 5.88. The summed E-state index contributed by atoms with van der Waals surface area (Å²) in [7, 11) is 1.52. The second kappa shape index (κ2) is 8.04. The third-order valence-corrected chi connectivity index (χ3v) is 4.91. The van der Waals surface area contributed by atoms with Crippen molar-refractivity contribution in [2.45, 2.75) is 31.6 Å². The Morgan fingerprint density at radius 1 is 1.23 bits per heavy atom. The van der Waals surface area contributed by atoms with Gasteiger partial charge in [-0.25, -0.2) is 4.79 Å². The number of hydrogen-bond donors (Lipinski definition) is 2. The Morgan fingerprint density at radius 3 is 2.81 bits per heavy atom. The number of carbonyl (C=O) groups excluding carboxylic acids is 1. The van der Waals surface area contributed by atoms with Gasteiger partial charge in [0.1, 0.15) is 5.75 Å². The molecule has 0 heterocycles. The van der Waals surface area contributed by atoms with Crippen LogP contribution < -0.4 is 10.1 Å². The molecule has 0 saturated heterocycles. The van der Waals surface area contributed by atoms with Crippen LogP contribution in [0.1, 0.15) is 45.8 Å². The van der Waals surface area contributed by atoms with Crippen LogP contribution in [-0.4, -0.2) is 30.6 Å². The number of fused-ring (bicyclic) bond motifs is 1. The molecular weight excluding hydrogens is 330 g/mol. The number of carboxylic acids is 1. The number of benzene rings is 2. The molecule has 1 unspecified atom stereocenters. The van der Waals surface area contributed by atoms with Crippen molar-refractivity contribution in [3.05, 3.63) is 64.7 Å². The van der Waals surface area contributed by atoms with E-state index in [1.54, 1.807) is 12.1 Å². The second-order valence-electron chi connectivity index (χ2n) is 6.52. The predicted molar refractivity (Wildman–Crippen MR) is 98.8 cm³/mol. The van der Waals surface area contributed by atoms with E-state index in [0.29, 0.717) is 18.7 Å². The van der Waals surface area contributed by atoms with E-state index in [0.717, 1.165) is 30.4 Å². The van der Waals surface area contributed by atoms with E-state index >= 15 is 0 Å². The lowest BCUT2D eigenvalue weighted by atomic mass is 9.82. The van der Waals surface area contributed by atoms with Crippen molar-refractivity contribution in [3.8, 4) is 5.75 Å². The molecule has 0 saturated carbocycles. The molecular formula is C21H23NO4. The van der Waals surface area contributed by atoms with E-state index in [9.17, 15) is 9.59 Å². The normalized spacial score (nSPS) is 15.8. The predicted octanol–water partition coefficient (Wildman–Crippen LogP) is 3.17. The number of aromatic carboxylic acids is 1. The number of methoxy groups -OCH3 is 1. The Bertz CT molecular complexity index is 815. The summed E-state index contributed by atoms with van der Waals surface area (Å²) in [5.74, 6) is -0.490. The van der Waals surface area contributed by atoms with Crippen molar-refractivity contribution in [1.29, 1.82) is 0 Å². The van der Waals surface area contributed by atoms with Crippen LogP contribution in [-0.2, 0) is 17.6 Å². The molecule has 26 heavy (non-hydrogen) atoms. The number of hydrogen-bond acceptors (Lipinski definition) is 3. The third-order valence-electron chi connectivity index (χ3n) is 4.91. The Kier molecular flexibility index (Phi) is 5.56. The van der Waals surface area contributed by atoms with Crippen molar-refractivity contribution < 1.29 is 19.4 Å². The summed E-state index contributed by atoms with van der Waals surface area (Å²) in [4.78, 5) is 23.7. The summed E-state index contributed by atoms with van der Waals surface area (Å²) in [6.07, 6.45) is 3.52. The first-order valence-electron chi connectivity index (χ1n) is 8.86. The highest BCUT2D eigenvalue weighted by Gasteiger charge is 2.25. The number of amides is 1. The molecule has 0 radical (unpaired) electrons. The standard InChI is InChI=1S/C21H23NO4/c1-26-19-13-16(21(24)25)10-9-15(19)11-12-22-20(23)18-8-4-6-14-5-2-3-7-17(14)18/h2-3,5,7,9-10,13,18H,4,6,8,11-12H2,1H3,(H,22,23)(H,24,25). The zero-order valence-electron chi connectivity index (χ0n) is 14.8. The molecule has 2 N–H and O–H groups in total. The average Bonchev–Trinajstić information content (AvgIpc) is 2.67. The van der Waals surface area contributed by atoms with Crippen LogP contribution in [0.25, 0.3) is 0 Å². The highest BCUT2D eigenvalue weighted by Crippen LogP contribution is 2.31. The minimum atomic E-state index is -0.987. The van der Waals surface area contributed by atoms with Gasteiger partial charge in [0.2, 0.25) is 5.91 Å². The molecule has 1 aliphatic rings. The number of carbonyl (C=O) groups is 2. The minimum Gasteiger partial charge on any atom is -0.496 e. The lowest BCUT2D eigenvalue weighted by Gasteiger charge is -2.24. The summed E-state index contributed by atoms with van der Waals surface area (Å²) in [5.41, 5.74) is 3.47. The van der Waals surface area contributed by atoms with E-state index in [1.807, 2.05) is 18.2 Å².